The Balaban J connectivity index is 1.96. The molecule has 2 aliphatic rings. The van der Waals surface area contributed by atoms with E-state index in [4.69, 9.17) is 10.00 Å². The minimum absolute atomic E-state index is 0.226. The smallest absolute Gasteiger partial charge is 0.327 e. The maximum atomic E-state index is 11.6. The highest BCUT2D eigenvalue weighted by Gasteiger charge is 2.20. The van der Waals surface area contributed by atoms with E-state index in [-0.39, 0.29) is 12.5 Å². The molecule has 0 amide bonds. The topological polar surface area (TPSA) is 74.5 Å². The van der Waals surface area contributed by atoms with E-state index in [2.05, 4.69) is 10.3 Å². The van der Waals surface area contributed by atoms with Crippen LogP contribution in [-0.4, -0.2) is 24.1 Å². The summed E-state index contributed by atoms with van der Waals surface area (Å²) in [4.78, 5) is 16.2. The molecule has 0 atom stereocenters. The van der Waals surface area contributed by atoms with Gasteiger partial charge in [0, 0.05) is 6.04 Å². The van der Waals surface area contributed by atoms with Gasteiger partial charge in [0.25, 0.3) is 6.02 Å². The van der Waals surface area contributed by atoms with E-state index in [1.807, 2.05) is 6.07 Å². The van der Waals surface area contributed by atoms with Crippen molar-refractivity contribution >= 4 is 12.0 Å². The van der Waals surface area contributed by atoms with Crippen LogP contribution in [0.4, 0.5) is 0 Å². The van der Waals surface area contributed by atoms with Gasteiger partial charge in [-0.2, -0.15) is 5.26 Å². The Labute approximate surface area is 126 Å². The van der Waals surface area contributed by atoms with Gasteiger partial charge in [0.2, 0.25) is 0 Å². The first-order valence-electron chi connectivity index (χ1n) is 8.20. The summed E-state index contributed by atoms with van der Waals surface area (Å²) in [6, 6.07) is 2.76. The van der Waals surface area contributed by atoms with Crippen molar-refractivity contribution in [1.82, 2.24) is 5.32 Å². The van der Waals surface area contributed by atoms with Gasteiger partial charge in [-0.25, -0.2) is 4.99 Å². The van der Waals surface area contributed by atoms with Crippen LogP contribution in [0.15, 0.2) is 4.99 Å². The van der Waals surface area contributed by atoms with E-state index in [0.29, 0.717) is 12.1 Å². The Hall–Kier alpha value is -1.57. The van der Waals surface area contributed by atoms with Gasteiger partial charge < -0.3 is 10.1 Å². The third-order valence-corrected chi connectivity index (χ3v) is 4.24. The van der Waals surface area contributed by atoms with Crippen LogP contribution in [-0.2, 0) is 9.53 Å². The highest BCUT2D eigenvalue weighted by atomic mass is 16.6. The van der Waals surface area contributed by atoms with Crippen LogP contribution in [0.1, 0.15) is 70.6 Å². The summed E-state index contributed by atoms with van der Waals surface area (Å²) in [5.74, 6) is -0.518. The minimum Gasteiger partial charge on any atom is -0.392 e. The lowest BCUT2D eigenvalue weighted by atomic mass is 9.95. The van der Waals surface area contributed by atoms with Crippen molar-refractivity contribution in [2.75, 3.05) is 0 Å². The number of hydrogen-bond acceptors (Lipinski definition) is 4. The molecule has 0 unspecified atom stereocenters. The van der Waals surface area contributed by atoms with Crippen LogP contribution in [0.2, 0.25) is 0 Å². The lowest BCUT2D eigenvalue weighted by Crippen LogP contribution is -2.39. The van der Waals surface area contributed by atoms with Crippen LogP contribution in [0.25, 0.3) is 0 Å². The Kier molecular flexibility index (Phi) is 6.52. The highest BCUT2D eigenvalue weighted by molar-refractivity contribution is 5.88. The van der Waals surface area contributed by atoms with Crippen LogP contribution in [0, 0.1) is 11.3 Å². The molecule has 5 heteroatoms. The summed E-state index contributed by atoms with van der Waals surface area (Å²) in [7, 11) is 0. The second-order valence-electron chi connectivity index (χ2n) is 6.01. The number of hydrogen-bond donors (Lipinski definition) is 1. The molecule has 0 heterocycles. The molecule has 2 fully saturated rings. The largest absolute Gasteiger partial charge is 0.392 e. The molecular weight excluding hydrogens is 266 g/mol. The first-order valence-corrected chi connectivity index (χ1v) is 8.20. The molecule has 2 rings (SSSR count). The van der Waals surface area contributed by atoms with Gasteiger partial charge in [0.15, 0.2) is 0 Å². The van der Waals surface area contributed by atoms with Crippen molar-refractivity contribution in [1.29, 1.82) is 5.26 Å². The average molecular weight is 291 g/mol. The van der Waals surface area contributed by atoms with Gasteiger partial charge >= 0.3 is 5.97 Å². The summed E-state index contributed by atoms with van der Waals surface area (Å²) in [5, 5.41) is 11.9. The molecule has 0 spiro atoms. The molecule has 0 aromatic heterocycles. The minimum atomic E-state index is -0.518. The number of amidine groups is 1. The SMILES string of the molecule is N#CCC(=O)O/C(=N/C1CCCCC1)NC1CCCCC1. The second-order valence-corrected chi connectivity index (χ2v) is 6.01. The zero-order chi connectivity index (χ0) is 14.9. The van der Waals surface area contributed by atoms with E-state index >= 15 is 0 Å². The molecule has 0 aliphatic heterocycles. The Morgan fingerprint density at radius 1 is 1.10 bits per heavy atom. The molecule has 5 nitrogen and oxygen atoms in total. The maximum absolute atomic E-state index is 11.6. The van der Waals surface area contributed by atoms with E-state index in [9.17, 15) is 4.79 Å². The van der Waals surface area contributed by atoms with Gasteiger partial charge in [-0.15, -0.1) is 0 Å². The molecule has 21 heavy (non-hydrogen) atoms. The summed E-state index contributed by atoms with van der Waals surface area (Å²) < 4.78 is 5.27. The molecule has 2 saturated carbocycles. The molecule has 116 valence electrons. The molecular formula is C16H25N3O2. The number of nitrogens with one attached hydrogen (secondary N) is 1. The molecule has 0 aromatic carbocycles. The van der Waals surface area contributed by atoms with Gasteiger partial charge in [0.05, 0.1) is 12.1 Å². The van der Waals surface area contributed by atoms with Crippen molar-refractivity contribution in [3.63, 3.8) is 0 Å². The van der Waals surface area contributed by atoms with Crippen LogP contribution >= 0.6 is 0 Å². The number of esters is 1. The zero-order valence-electron chi connectivity index (χ0n) is 12.6. The number of nitrogens with zero attached hydrogens (tertiary/aromatic N) is 2. The number of aliphatic imine (C=N–C) groups is 1. The summed E-state index contributed by atoms with van der Waals surface area (Å²) in [5.41, 5.74) is 0. The van der Waals surface area contributed by atoms with Crippen LogP contribution in [0.5, 0.6) is 0 Å². The fourth-order valence-electron chi connectivity index (χ4n) is 3.10. The standard InChI is InChI=1S/C16H25N3O2/c17-12-11-15(20)21-16(18-13-7-3-1-4-8-13)19-14-9-5-2-6-10-14/h13-14H,1-11H2,(H,18,19). The van der Waals surface area contributed by atoms with E-state index in [0.717, 1.165) is 25.7 Å². The fraction of sp³-hybridized carbons (Fsp3) is 0.812. The summed E-state index contributed by atoms with van der Waals surface area (Å²) >= 11 is 0. The predicted molar refractivity (Wildman–Crippen MR) is 80.6 cm³/mol. The zero-order valence-corrected chi connectivity index (χ0v) is 12.6. The number of nitriles is 1. The third-order valence-electron chi connectivity index (χ3n) is 4.24. The first-order chi connectivity index (χ1) is 10.3. The molecule has 0 bridgehead atoms. The first kappa shape index (κ1) is 15.8. The molecule has 2 aliphatic carbocycles. The summed E-state index contributed by atoms with van der Waals surface area (Å²) in [6.45, 7) is 0. The number of carbonyl (C=O) groups is 1. The second kappa shape index (κ2) is 8.66. The molecule has 0 saturated heterocycles. The monoisotopic (exact) mass is 291 g/mol. The molecule has 1 N–H and O–H groups in total. The van der Waals surface area contributed by atoms with Gasteiger partial charge in [-0.3, -0.25) is 4.79 Å². The quantitative estimate of drug-likeness (QED) is 0.492. The lowest BCUT2D eigenvalue weighted by molar-refractivity contribution is -0.134. The Morgan fingerprint density at radius 2 is 1.71 bits per heavy atom. The van der Waals surface area contributed by atoms with E-state index in [1.165, 1.54) is 38.5 Å². The number of carbonyl (C=O) groups excluding carboxylic acids is 1. The lowest BCUT2D eigenvalue weighted by Gasteiger charge is -2.25. The van der Waals surface area contributed by atoms with Crippen molar-refractivity contribution in [2.24, 2.45) is 4.99 Å². The fourth-order valence-corrected chi connectivity index (χ4v) is 3.10. The van der Waals surface area contributed by atoms with Crippen molar-refractivity contribution < 1.29 is 9.53 Å². The van der Waals surface area contributed by atoms with Gasteiger partial charge in [-0.1, -0.05) is 38.5 Å². The number of ether oxygens (including phenoxy) is 1. The van der Waals surface area contributed by atoms with Crippen molar-refractivity contribution in [2.45, 2.75) is 82.7 Å². The Morgan fingerprint density at radius 3 is 2.33 bits per heavy atom. The Bertz CT molecular complexity index is 402. The predicted octanol–water partition coefficient (Wildman–Crippen LogP) is 3.05. The van der Waals surface area contributed by atoms with E-state index in [1.54, 1.807) is 0 Å². The van der Waals surface area contributed by atoms with Gasteiger partial charge in [0.1, 0.15) is 6.42 Å². The van der Waals surface area contributed by atoms with Crippen LogP contribution in [0.3, 0.4) is 0 Å². The van der Waals surface area contributed by atoms with Crippen molar-refractivity contribution in [3.05, 3.63) is 0 Å². The normalized spacial score (nSPS) is 21.6. The van der Waals surface area contributed by atoms with E-state index < -0.39 is 5.97 Å². The van der Waals surface area contributed by atoms with Crippen LogP contribution < -0.4 is 5.32 Å². The average Bonchev–Trinajstić information content (AvgIpc) is 2.49. The van der Waals surface area contributed by atoms with Gasteiger partial charge in [-0.05, 0) is 25.7 Å². The molecule has 0 aromatic rings. The summed E-state index contributed by atoms with van der Waals surface area (Å²) in [6.07, 6.45) is 11.4. The third kappa shape index (κ3) is 5.74. The number of rotatable bonds is 3. The molecule has 0 radical (unpaired) electrons. The maximum Gasteiger partial charge on any atom is 0.327 e. The van der Waals surface area contributed by atoms with Crippen molar-refractivity contribution in [3.8, 4) is 6.07 Å². The highest BCUT2D eigenvalue weighted by Crippen LogP contribution is 2.21.